The molecular weight excluding hydrogens is 174 g/mol. The number of hydrogen-bond acceptors (Lipinski definition) is 3. The summed E-state index contributed by atoms with van der Waals surface area (Å²) in [5, 5.41) is 15.2. The number of nitriles is 1. The fourth-order valence-corrected chi connectivity index (χ4v) is 1.50. The van der Waals surface area contributed by atoms with E-state index in [0.29, 0.717) is 5.70 Å². The van der Waals surface area contributed by atoms with Gasteiger partial charge in [0.15, 0.2) is 0 Å². The first-order chi connectivity index (χ1) is 6.92. The van der Waals surface area contributed by atoms with Gasteiger partial charge in [0.2, 0.25) is 0 Å². The quantitative estimate of drug-likeness (QED) is 0.688. The molecule has 0 aliphatic carbocycles. The third kappa shape index (κ3) is 1.55. The van der Waals surface area contributed by atoms with Gasteiger partial charge in [-0.15, -0.1) is 0 Å². The molecule has 2 N–H and O–H groups in total. The van der Waals surface area contributed by atoms with Crippen LogP contribution in [0.2, 0.25) is 0 Å². The van der Waals surface area contributed by atoms with Crippen LogP contribution in [-0.2, 0) is 0 Å². The summed E-state index contributed by atoms with van der Waals surface area (Å²) < 4.78 is 0. The average Bonchev–Trinajstić information content (AvgIpc) is 2.30. The van der Waals surface area contributed by atoms with E-state index < -0.39 is 0 Å². The van der Waals surface area contributed by atoms with E-state index in [1.54, 1.807) is 0 Å². The standard InChI is InChI=1S/C11H11N3/c12-8-10-11(14-7-6-13-10)9-4-2-1-3-5-9/h1-5,13-14H,6-7H2. The van der Waals surface area contributed by atoms with Crippen LogP contribution in [0.5, 0.6) is 0 Å². The molecule has 0 amide bonds. The highest BCUT2D eigenvalue weighted by Crippen LogP contribution is 2.15. The van der Waals surface area contributed by atoms with E-state index in [9.17, 15) is 0 Å². The van der Waals surface area contributed by atoms with Gasteiger partial charge in [0.05, 0.1) is 5.70 Å². The van der Waals surface area contributed by atoms with Crippen LogP contribution in [0.4, 0.5) is 0 Å². The zero-order valence-electron chi connectivity index (χ0n) is 7.75. The van der Waals surface area contributed by atoms with E-state index in [4.69, 9.17) is 5.26 Å². The minimum atomic E-state index is 0.627. The van der Waals surface area contributed by atoms with Gasteiger partial charge in [0, 0.05) is 18.7 Å². The molecule has 0 aromatic heterocycles. The van der Waals surface area contributed by atoms with Crippen molar-refractivity contribution in [3.63, 3.8) is 0 Å². The van der Waals surface area contributed by atoms with Gasteiger partial charge in [-0.05, 0) is 0 Å². The lowest BCUT2D eigenvalue weighted by atomic mass is 10.1. The molecule has 0 atom stereocenters. The van der Waals surface area contributed by atoms with Crippen molar-refractivity contribution in [2.24, 2.45) is 0 Å². The summed E-state index contributed by atoms with van der Waals surface area (Å²) in [7, 11) is 0. The monoisotopic (exact) mass is 185 g/mol. The second-order valence-corrected chi connectivity index (χ2v) is 3.08. The molecule has 0 saturated carbocycles. The molecule has 14 heavy (non-hydrogen) atoms. The molecular formula is C11H11N3. The Labute approximate surface area is 83.1 Å². The molecule has 0 bridgehead atoms. The summed E-state index contributed by atoms with van der Waals surface area (Å²) in [6, 6.07) is 12.0. The van der Waals surface area contributed by atoms with Crippen LogP contribution in [0, 0.1) is 11.3 Å². The van der Waals surface area contributed by atoms with E-state index in [2.05, 4.69) is 16.7 Å². The molecule has 3 nitrogen and oxygen atoms in total. The van der Waals surface area contributed by atoms with E-state index in [1.165, 1.54) is 0 Å². The maximum Gasteiger partial charge on any atom is 0.137 e. The molecule has 1 heterocycles. The number of benzene rings is 1. The van der Waals surface area contributed by atoms with Crippen LogP contribution in [0.25, 0.3) is 5.70 Å². The van der Waals surface area contributed by atoms with Crippen LogP contribution in [0.15, 0.2) is 36.0 Å². The molecule has 1 aromatic rings. The number of nitrogens with one attached hydrogen (secondary N) is 2. The second kappa shape index (κ2) is 3.84. The van der Waals surface area contributed by atoms with Crippen molar-refractivity contribution in [1.82, 2.24) is 10.6 Å². The van der Waals surface area contributed by atoms with E-state index in [0.717, 1.165) is 24.4 Å². The van der Waals surface area contributed by atoms with E-state index >= 15 is 0 Å². The Morgan fingerprint density at radius 1 is 1.07 bits per heavy atom. The first kappa shape index (κ1) is 8.64. The van der Waals surface area contributed by atoms with Gasteiger partial charge in [-0.25, -0.2) is 0 Å². The molecule has 0 unspecified atom stereocenters. The van der Waals surface area contributed by atoms with Crippen LogP contribution in [0.3, 0.4) is 0 Å². The number of nitrogens with zero attached hydrogens (tertiary/aromatic N) is 1. The number of allylic oxidation sites excluding steroid dienone is 1. The molecule has 1 aromatic carbocycles. The normalized spacial score (nSPS) is 15.4. The van der Waals surface area contributed by atoms with Crippen molar-refractivity contribution >= 4 is 5.70 Å². The summed E-state index contributed by atoms with van der Waals surface area (Å²) >= 11 is 0. The van der Waals surface area contributed by atoms with Crippen molar-refractivity contribution in [2.75, 3.05) is 13.1 Å². The Bertz CT molecular complexity index is 387. The fourth-order valence-electron chi connectivity index (χ4n) is 1.50. The molecule has 1 aliphatic heterocycles. The third-order valence-electron chi connectivity index (χ3n) is 2.15. The molecule has 0 fully saturated rings. The Balaban J connectivity index is 2.42. The predicted molar refractivity (Wildman–Crippen MR) is 55.0 cm³/mol. The van der Waals surface area contributed by atoms with Crippen molar-refractivity contribution in [3.8, 4) is 6.07 Å². The van der Waals surface area contributed by atoms with Crippen LogP contribution in [0.1, 0.15) is 5.56 Å². The van der Waals surface area contributed by atoms with Gasteiger partial charge in [-0.2, -0.15) is 5.26 Å². The molecule has 1 aliphatic rings. The minimum absolute atomic E-state index is 0.627. The number of hydrogen-bond donors (Lipinski definition) is 2. The minimum Gasteiger partial charge on any atom is -0.381 e. The highest BCUT2D eigenvalue weighted by atomic mass is 15.0. The van der Waals surface area contributed by atoms with Crippen LogP contribution in [-0.4, -0.2) is 13.1 Å². The Hall–Kier alpha value is -1.95. The van der Waals surface area contributed by atoms with Crippen molar-refractivity contribution < 1.29 is 0 Å². The molecule has 2 rings (SSSR count). The largest absolute Gasteiger partial charge is 0.381 e. The molecule has 0 saturated heterocycles. The van der Waals surface area contributed by atoms with Gasteiger partial charge in [0.25, 0.3) is 0 Å². The number of rotatable bonds is 1. The molecule has 0 radical (unpaired) electrons. The lowest BCUT2D eigenvalue weighted by molar-refractivity contribution is 0.718. The Morgan fingerprint density at radius 2 is 1.79 bits per heavy atom. The molecule has 0 spiro atoms. The van der Waals surface area contributed by atoms with E-state index in [1.807, 2.05) is 30.3 Å². The lowest BCUT2D eigenvalue weighted by Gasteiger charge is -2.19. The van der Waals surface area contributed by atoms with Crippen LogP contribution < -0.4 is 10.6 Å². The lowest BCUT2D eigenvalue weighted by Crippen LogP contribution is -2.34. The van der Waals surface area contributed by atoms with Gasteiger partial charge in [-0.1, -0.05) is 30.3 Å². The molecule has 70 valence electrons. The maximum absolute atomic E-state index is 8.91. The summed E-state index contributed by atoms with van der Waals surface area (Å²) in [5.41, 5.74) is 2.58. The van der Waals surface area contributed by atoms with Gasteiger partial charge in [-0.3, -0.25) is 0 Å². The highest BCUT2D eigenvalue weighted by Gasteiger charge is 2.11. The second-order valence-electron chi connectivity index (χ2n) is 3.08. The zero-order valence-corrected chi connectivity index (χ0v) is 7.75. The first-order valence-electron chi connectivity index (χ1n) is 4.59. The Kier molecular flexibility index (Phi) is 2.37. The first-order valence-corrected chi connectivity index (χ1v) is 4.59. The average molecular weight is 185 g/mol. The maximum atomic E-state index is 8.91. The third-order valence-corrected chi connectivity index (χ3v) is 2.15. The van der Waals surface area contributed by atoms with Gasteiger partial charge < -0.3 is 10.6 Å². The zero-order chi connectivity index (χ0) is 9.80. The summed E-state index contributed by atoms with van der Waals surface area (Å²) in [6.07, 6.45) is 0. The smallest absolute Gasteiger partial charge is 0.137 e. The van der Waals surface area contributed by atoms with Crippen molar-refractivity contribution in [3.05, 3.63) is 41.6 Å². The van der Waals surface area contributed by atoms with Gasteiger partial charge in [0.1, 0.15) is 11.8 Å². The fraction of sp³-hybridized carbons (Fsp3) is 0.182. The summed E-state index contributed by atoms with van der Waals surface area (Å²) in [6.45, 7) is 1.66. The van der Waals surface area contributed by atoms with Gasteiger partial charge >= 0.3 is 0 Å². The summed E-state index contributed by atoms with van der Waals surface area (Å²) in [5.74, 6) is 0. The van der Waals surface area contributed by atoms with Crippen molar-refractivity contribution in [1.29, 1.82) is 5.26 Å². The molecule has 3 heteroatoms. The van der Waals surface area contributed by atoms with Crippen LogP contribution >= 0.6 is 0 Å². The van der Waals surface area contributed by atoms with E-state index in [-0.39, 0.29) is 0 Å². The predicted octanol–water partition coefficient (Wildman–Crippen LogP) is 1.07. The van der Waals surface area contributed by atoms with Crippen molar-refractivity contribution in [2.45, 2.75) is 0 Å². The Morgan fingerprint density at radius 3 is 2.50 bits per heavy atom. The summed E-state index contributed by atoms with van der Waals surface area (Å²) in [4.78, 5) is 0. The topological polar surface area (TPSA) is 47.9 Å². The highest BCUT2D eigenvalue weighted by molar-refractivity contribution is 5.70. The SMILES string of the molecule is N#CC1=C(c2ccccc2)NCCN1.